The summed E-state index contributed by atoms with van der Waals surface area (Å²) in [7, 11) is 0. The first-order chi connectivity index (χ1) is 8.58. The molecule has 1 atom stereocenters. The third kappa shape index (κ3) is 2.60. The highest BCUT2D eigenvalue weighted by atomic mass is 16.4. The number of aliphatic hydroxyl groups is 1. The molecule has 0 radical (unpaired) electrons. The summed E-state index contributed by atoms with van der Waals surface area (Å²) in [4.78, 5) is 23.7. The second kappa shape index (κ2) is 5.05. The summed E-state index contributed by atoms with van der Waals surface area (Å²) in [5.74, 6) is -1.35. The van der Waals surface area contributed by atoms with Crippen molar-refractivity contribution < 1.29 is 19.8 Å². The number of nitrogens with zero attached hydrogens (tertiary/aromatic N) is 1. The van der Waals surface area contributed by atoms with Crippen molar-refractivity contribution in [2.75, 3.05) is 6.54 Å². The van der Waals surface area contributed by atoms with Gasteiger partial charge in [0.1, 0.15) is 0 Å². The molecule has 0 bridgehead atoms. The number of carboxylic acid groups (broad SMARTS) is 1. The lowest BCUT2D eigenvalue weighted by Gasteiger charge is -2.17. The Morgan fingerprint density at radius 3 is 2.33 bits per heavy atom. The second-order valence-corrected chi connectivity index (χ2v) is 4.16. The van der Waals surface area contributed by atoms with E-state index in [1.807, 2.05) is 24.3 Å². The second-order valence-electron chi connectivity index (χ2n) is 4.16. The van der Waals surface area contributed by atoms with Gasteiger partial charge in [0.2, 0.25) is 0 Å². The van der Waals surface area contributed by atoms with Crippen molar-refractivity contribution in [2.24, 2.45) is 0 Å². The van der Waals surface area contributed by atoms with E-state index < -0.39 is 12.1 Å². The maximum absolute atomic E-state index is 11.8. The molecule has 0 unspecified atom stereocenters. The first-order valence-electron chi connectivity index (χ1n) is 5.58. The van der Waals surface area contributed by atoms with E-state index in [0.29, 0.717) is 13.1 Å². The zero-order chi connectivity index (χ0) is 13.1. The number of carbonyl (C=O) groups excluding carboxylic acids is 1. The molecule has 1 heterocycles. The van der Waals surface area contributed by atoms with Crippen molar-refractivity contribution in [1.82, 2.24) is 10.2 Å². The van der Waals surface area contributed by atoms with Crippen LogP contribution in [0.25, 0.3) is 0 Å². The highest BCUT2D eigenvalue weighted by Gasteiger charge is 2.23. The zero-order valence-electron chi connectivity index (χ0n) is 9.67. The van der Waals surface area contributed by atoms with Gasteiger partial charge in [0.15, 0.2) is 6.10 Å². The molecule has 6 nitrogen and oxygen atoms in total. The maximum Gasteiger partial charge on any atom is 0.334 e. The Balaban J connectivity index is 1.88. The maximum atomic E-state index is 11.8. The molecule has 0 saturated heterocycles. The van der Waals surface area contributed by atoms with E-state index in [1.54, 1.807) is 4.90 Å². The first kappa shape index (κ1) is 12.4. The number of carboxylic acids is 1. The van der Waals surface area contributed by atoms with Crippen LogP contribution in [0.5, 0.6) is 0 Å². The predicted octanol–water partition coefficient (Wildman–Crippen LogP) is 0.157. The lowest BCUT2D eigenvalue weighted by molar-refractivity contribution is -0.146. The quantitative estimate of drug-likeness (QED) is 0.712. The first-order valence-corrected chi connectivity index (χ1v) is 5.58. The summed E-state index contributed by atoms with van der Waals surface area (Å²) in [6, 6.07) is 7.36. The van der Waals surface area contributed by atoms with Crippen LogP contribution < -0.4 is 5.32 Å². The number of hydrogen-bond donors (Lipinski definition) is 3. The summed E-state index contributed by atoms with van der Waals surface area (Å²) in [5.41, 5.74) is 2.18. The van der Waals surface area contributed by atoms with E-state index in [9.17, 15) is 9.59 Å². The van der Waals surface area contributed by atoms with Crippen LogP contribution in [0.2, 0.25) is 0 Å². The molecule has 0 saturated carbocycles. The van der Waals surface area contributed by atoms with Crippen LogP contribution >= 0.6 is 0 Å². The fourth-order valence-electron chi connectivity index (χ4n) is 1.86. The van der Waals surface area contributed by atoms with Crippen LogP contribution in [0, 0.1) is 0 Å². The Labute approximate surface area is 104 Å². The highest BCUT2D eigenvalue weighted by molar-refractivity contribution is 5.77. The molecule has 0 aliphatic carbocycles. The number of hydrogen-bond acceptors (Lipinski definition) is 3. The summed E-state index contributed by atoms with van der Waals surface area (Å²) in [6.45, 7) is 0.720. The van der Waals surface area contributed by atoms with Crippen LogP contribution in [0.15, 0.2) is 24.3 Å². The minimum absolute atomic E-state index is 0.291. The van der Waals surface area contributed by atoms with E-state index in [4.69, 9.17) is 10.2 Å². The molecule has 0 spiro atoms. The number of aliphatic hydroxyl groups excluding tert-OH is 1. The van der Waals surface area contributed by atoms with Crippen LogP contribution in [-0.2, 0) is 17.9 Å². The van der Waals surface area contributed by atoms with Gasteiger partial charge in [-0.3, -0.25) is 0 Å². The highest BCUT2D eigenvalue weighted by Crippen LogP contribution is 2.21. The molecule has 2 amide bonds. The Morgan fingerprint density at radius 1 is 1.28 bits per heavy atom. The summed E-state index contributed by atoms with van der Waals surface area (Å²) < 4.78 is 0. The molecular weight excluding hydrogens is 236 g/mol. The zero-order valence-corrected chi connectivity index (χ0v) is 9.67. The third-order valence-corrected chi connectivity index (χ3v) is 2.86. The van der Waals surface area contributed by atoms with Gasteiger partial charge in [0.05, 0.1) is 6.54 Å². The molecule has 0 aromatic heterocycles. The van der Waals surface area contributed by atoms with Gasteiger partial charge < -0.3 is 20.4 Å². The molecule has 1 aliphatic heterocycles. The molecular formula is C12H14N2O4. The van der Waals surface area contributed by atoms with Crippen LogP contribution in [0.4, 0.5) is 4.79 Å². The van der Waals surface area contributed by atoms with Gasteiger partial charge in [-0.15, -0.1) is 0 Å². The Morgan fingerprint density at radius 2 is 1.83 bits per heavy atom. The van der Waals surface area contributed by atoms with Crippen molar-refractivity contribution in [1.29, 1.82) is 0 Å². The predicted molar refractivity (Wildman–Crippen MR) is 62.7 cm³/mol. The number of benzene rings is 1. The van der Waals surface area contributed by atoms with Crippen molar-refractivity contribution in [2.45, 2.75) is 19.2 Å². The van der Waals surface area contributed by atoms with Crippen molar-refractivity contribution >= 4 is 12.0 Å². The molecule has 1 aromatic rings. The third-order valence-electron chi connectivity index (χ3n) is 2.86. The van der Waals surface area contributed by atoms with E-state index in [0.717, 1.165) is 11.1 Å². The molecule has 1 aromatic carbocycles. The van der Waals surface area contributed by atoms with Gasteiger partial charge in [-0.1, -0.05) is 24.3 Å². The van der Waals surface area contributed by atoms with Crippen LogP contribution in [0.1, 0.15) is 11.1 Å². The normalized spacial score (nSPS) is 15.1. The van der Waals surface area contributed by atoms with E-state index in [2.05, 4.69) is 5.32 Å². The fraction of sp³-hybridized carbons (Fsp3) is 0.333. The van der Waals surface area contributed by atoms with Gasteiger partial charge in [-0.25, -0.2) is 9.59 Å². The van der Waals surface area contributed by atoms with Gasteiger partial charge in [0, 0.05) is 13.1 Å². The number of nitrogens with one attached hydrogen (secondary N) is 1. The smallest absolute Gasteiger partial charge is 0.334 e. The summed E-state index contributed by atoms with van der Waals surface area (Å²) >= 11 is 0. The SMILES string of the molecule is O=C(O)[C@@H](O)CNC(=O)N1Cc2ccccc2C1. The minimum atomic E-state index is -1.57. The largest absolute Gasteiger partial charge is 0.479 e. The fourth-order valence-corrected chi connectivity index (χ4v) is 1.86. The molecule has 2 rings (SSSR count). The molecule has 3 N–H and O–H groups in total. The van der Waals surface area contributed by atoms with Crippen molar-refractivity contribution in [3.8, 4) is 0 Å². The number of urea groups is 1. The summed E-state index contributed by atoms with van der Waals surface area (Å²) in [6.07, 6.45) is -1.57. The minimum Gasteiger partial charge on any atom is -0.479 e. The standard InChI is InChI=1S/C12H14N2O4/c15-10(11(16)17)5-13-12(18)14-6-8-3-1-2-4-9(8)7-14/h1-4,10,15H,5-7H2,(H,13,18)(H,16,17)/t10-/m0/s1. The number of fused-ring (bicyclic) bond motifs is 1. The van der Waals surface area contributed by atoms with Gasteiger partial charge in [-0.05, 0) is 11.1 Å². The topological polar surface area (TPSA) is 89.9 Å². The van der Waals surface area contributed by atoms with E-state index >= 15 is 0 Å². The number of amides is 2. The van der Waals surface area contributed by atoms with Crippen LogP contribution in [0.3, 0.4) is 0 Å². The average molecular weight is 250 g/mol. The Bertz CT molecular complexity index is 450. The molecule has 18 heavy (non-hydrogen) atoms. The molecule has 96 valence electrons. The molecule has 1 aliphatic rings. The summed E-state index contributed by atoms with van der Waals surface area (Å²) in [5, 5.41) is 19.9. The monoisotopic (exact) mass is 250 g/mol. The van der Waals surface area contributed by atoms with Crippen molar-refractivity contribution in [3.63, 3.8) is 0 Å². The number of carbonyl (C=O) groups is 2. The van der Waals surface area contributed by atoms with Crippen molar-refractivity contribution in [3.05, 3.63) is 35.4 Å². The van der Waals surface area contributed by atoms with Gasteiger partial charge in [-0.2, -0.15) is 0 Å². The molecule has 0 fully saturated rings. The van der Waals surface area contributed by atoms with Gasteiger partial charge in [0.25, 0.3) is 0 Å². The van der Waals surface area contributed by atoms with Gasteiger partial charge >= 0.3 is 12.0 Å². The van der Waals surface area contributed by atoms with Crippen LogP contribution in [-0.4, -0.2) is 39.8 Å². The number of aliphatic carboxylic acids is 1. The lowest BCUT2D eigenvalue weighted by atomic mass is 10.1. The molecule has 6 heteroatoms. The Hall–Kier alpha value is -2.08. The van der Waals surface area contributed by atoms with E-state index in [1.165, 1.54) is 0 Å². The lowest BCUT2D eigenvalue weighted by Crippen LogP contribution is -2.42. The van der Waals surface area contributed by atoms with E-state index in [-0.39, 0.29) is 12.6 Å². The average Bonchev–Trinajstić information content (AvgIpc) is 2.79. The number of rotatable bonds is 3. The Kier molecular flexibility index (Phi) is 3.47.